The average Bonchev–Trinajstić information content (AvgIpc) is 3.42. The van der Waals surface area contributed by atoms with E-state index in [1.165, 1.54) is 24.5 Å². The highest BCUT2D eigenvalue weighted by molar-refractivity contribution is 7.17. The second-order valence-corrected chi connectivity index (χ2v) is 7.97. The molecule has 0 saturated carbocycles. The Morgan fingerprint density at radius 1 is 1.16 bits per heavy atom. The molecule has 0 unspecified atom stereocenters. The van der Waals surface area contributed by atoms with Crippen molar-refractivity contribution >= 4 is 27.5 Å². The molecule has 0 saturated heterocycles. The van der Waals surface area contributed by atoms with Crippen LogP contribution in [-0.4, -0.2) is 36.3 Å². The topological polar surface area (TPSA) is 83.6 Å². The number of hydrogen-bond acceptors (Lipinski definition) is 7. The third-order valence-electron chi connectivity index (χ3n) is 5.03. The van der Waals surface area contributed by atoms with Crippen LogP contribution in [0.1, 0.15) is 27.7 Å². The molecule has 0 bridgehead atoms. The number of aryl methyl sites for hydroxylation is 1. The summed E-state index contributed by atoms with van der Waals surface area (Å²) in [5, 5.41) is 2.55. The molecule has 8 heteroatoms. The fourth-order valence-electron chi connectivity index (χ4n) is 3.39. The molecule has 0 fully saturated rings. The van der Waals surface area contributed by atoms with Gasteiger partial charge in [-0.3, -0.25) is 9.36 Å². The lowest BCUT2D eigenvalue weighted by Gasteiger charge is -2.12. The van der Waals surface area contributed by atoms with Crippen molar-refractivity contribution in [1.29, 1.82) is 0 Å². The normalized spacial score (nSPS) is 11.2. The van der Waals surface area contributed by atoms with Gasteiger partial charge in [-0.2, -0.15) is 0 Å². The molecule has 0 radical (unpaired) electrons. The molecular weight excluding hydrogens is 416 g/mol. The van der Waals surface area contributed by atoms with E-state index >= 15 is 0 Å². The number of thiophene rings is 1. The molecular formula is C23H22N2O5S. The Morgan fingerprint density at radius 2 is 1.94 bits per heavy atom. The Balaban J connectivity index is 1.83. The van der Waals surface area contributed by atoms with Crippen molar-refractivity contribution in [2.24, 2.45) is 0 Å². The van der Waals surface area contributed by atoms with E-state index in [-0.39, 0.29) is 17.9 Å². The lowest BCUT2D eigenvalue weighted by molar-refractivity contribution is 0.0563. The number of benzene rings is 1. The third-order valence-corrected chi connectivity index (χ3v) is 5.90. The predicted molar refractivity (Wildman–Crippen MR) is 119 cm³/mol. The molecule has 4 rings (SSSR count). The Kier molecular flexibility index (Phi) is 6.01. The molecule has 0 atom stereocenters. The Morgan fingerprint density at radius 3 is 2.65 bits per heavy atom. The highest BCUT2D eigenvalue weighted by atomic mass is 32.1. The smallest absolute Gasteiger partial charge is 0.373 e. The van der Waals surface area contributed by atoms with E-state index in [4.69, 9.17) is 18.9 Å². The molecule has 0 amide bonds. The lowest BCUT2D eigenvalue weighted by Crippen LogP contribution is -2.26. The number of carbonyl (C=O) groups excluding carboxylic acids is 1. The Bertz CT molecular complexity index is 1280. The van der Waals surface area contributed by atoms with Gasteiger partial charge in [-0.05, 0) is 24.6 Å². The van der Waals surface area contributed by atoms with Gasteiger partial charge in [0.25, 0.3) is 5.56 Å². The van der Waals surface area contributed by atoms with Gasteiger partial charge in [0.05, 0.1) is 25.6 Å². The van der Waals surface area contributed by atoms with Gasteiger partial charge in [-0.1, -0.05) is 29.8 Å². The largest absolute Gasteiger partial charge is 0.463 e. The molecule has 1 aromatic carbocycles. The monoisotopic (exact) mass is 438 g/mol. The summed E-state index contributed by atoms with van der Waals surface area (Å²) in [6.07, 6.45) is 0.476. The zero-order valence-electron chi connectivity index (χ0n) is 17.5. The van der Waals surface area contributed by atoms with Gasteiger partial charge < -0.3 is 13.9 Å². The van der Waals surface area contributed by atoms with E-state index in [1.807, 2.05) is 36.6 Å². The first-order valence-corrected chi connectivity index (χ1v) is 10.6. The second-order valence-electron chi connectivity index (χ2n) is 7.12. The summed E-state index contributed by atoms with van der Waals surface area (Å²) in [4.78, 5) is 30.8. The molecule has 0 aliphatic rings. The summed E-state index contributed by atoms with van der Waals surface area (Å²) < 4.78 is 17.1. The van der Waals surface area contributed by atoms with E-state index in [0.29, 0.717) is 34.8 Å². The van der Waals surface area contributed by atoms with Crippen LogP contribution in [0.5, 0.6) is 0 Å². The summed E-state index contributed by atoms with van der Waals surface area (Å²) in [7, 11) is 2.90. The number of nitrogens with zero attached hydrogens (tertiary/aromatic N) is 2. The molecule has 0 aliphatic heterocycles. The number of hydrogen-bond donors (Lipinski definition) is 0. The summed E-state index contributed by atoms with van der Waals surface area (Å²) in [5.41, 5.74) is 2.83. The highest BCUT2D eigenvalue weighted by Gasteiger charge is 2.19. The summed E-state index contributed by atoms with van der Waals surface area (Å²) in [6.45, 7) is 2.61. The van der Waals surface area contributed by atoms with E-state index < -0.39 is 5.97 Å². The summed E-state index contributed by atoms with van der Waals surface area (Å²) >= 11 is 1.45. The third kappa shape index (κ3) is 4.17. The van der Waals surface area contributed by atoms with Crippen LogP contribution in [0.25, 0.3) is 21.3 Å². The maximum Gasteiger partial charge on any atom is 0.373 e. The van der Waals surface area contributed by atoms with E-state index in [9.17, 15) is 9.59 Å². The maximum atomic E-state index is 13.6. The van der Waals surface area contributed by atoms with Gasteiger partial charge in [0.15, 0.2) is 0 Å². The number of ether oxygens (including phenoxy) is 2. The van der Waals surface area contributed by atoms with Crippen LogP contribution in [0.2, 0.25) is 0 Å². The number of methoxy groups -OCH3 is 2. The van der Waals surface area contributed by atoms with Crippen molar-refractivity contribution in [2.45, 2.75) is 19.9 Å². The van der Waals surface area contributed by atoms with Crippen molar-refractivity contribution in [3.8, 4) is 11.1 Å². The van der Waals surface area contributed by atoms with Crippen LogP contribution in [0.3, 0.4) is 0 Å². The molecule has 0 N–H and O–H groups in total. The van der Waals surface area contributed by atoms with Gasteiger partial charge in [0, 0.05) is 24.5 Å². The van der Waals surface area contributed by atoms with Crippen molar-refractivity contribution < 1.29 is 18.7 Å². The first kappa shape index (κ1) is 21.0. The number of carbonyl (C=O) groups is 1. The van der Waals surface area contributed by atoms with Crippen molar-refractivity contribution in [1.82, 2.24) is 9.55 Å². The second kappa shape index (κ2) is 8.87. The zero-order valence-corrected chi connectivity index (χ0v) is 18.3. The number of fused-ring (bicyclic) bond motifs is 1. The predicted octanol–water partition coefficient (Wildman–Crippen LogP) is 4.05. The van der Waals surface area contributed by atoms with Crippen LogP contribution in [0, 0.1) is 6.92 Å². The van der Waals surface area contributed by atoms with Gasteiger partial charge in [-0.15, -0.1) is 11.3 Å². The maximum absolute atomic E-state index is 13.6. The zero-order chi connectivity index (χ0) is 22.0. The summed E-state index contributed by atoms with van der Waals surface area (Å²) in [5.74, 6) is 0.599. The average molecular weight is 439 g/mol. The van der Waals surface area contributed by atoms with Crippen molar-refractivity contribution in [3.05, 3.63) is 75.0 Å². The van der Waals surface area contributed by atoms with Crippen molar-refractivity contribution in [3.63, 3.8) is 0 Å². The van der Waals surface area contributed by atoms with E-state index in [1.54, 1.807) is 17.7 Å². The Hall–Kier alpha value is -3.23. The molecule has 0 aliphatic carbocycles. The number of furan rings is 1. The van der Waals surface area contributed by atoms with Crippen LogP contribution < -0.4 is 5.56 Å². The van der Waals surface area contributed by atoms with Crippen LogP contribution >= 0.6 is 11.3 Å². The quantitative estimate of drug-likeness (QED) is 0.405. The molecule has 160 valence electrons. The standard InChI is InChI=1S/C23H22N2O5S/c1-14-4-6-15(7-5-14)17-13-31-21-20(17)22(26)25(19(24-21)10-11-28-2)12-16-8-9-18(30-16)23(27)29-3/h4-9,13H,10-12H2,1-3H3. The lowest BCUT2D eigenvalue weighted by atomic mass is 10.0. The Labute approximate surface area is 182 Å². The van der Waals surface area contributed by atoms with Gasteiger partial charge in [0.2, 0.25) is 5.76 Å². The van der Waals surface area contributed by atoms with Crippen LogP contribution in [-0.2, 0) is 22.4 Å². The van der Waals surface area contributed by atoms with E-state index in [0.717, 1.165) is 16.7 Å². The van der Waals surface area contributed by atoms with Gasteiger partial charge in [-0.25, -0.2) is 9.78 Å². The minimum atomic E-state index is -0.564. The molecule has 7 nitrogen and oxygen atoms in total. The number of esters is 1. The highest BCUT2D eigenvalue weighted by Crippen LogP contribution is 2.31. The SMILES string of the molecule is COCCc1nc2scc(-c3ccc(C)cc3)c2c(=O)n1Cc1ccc(C(=O)OC)o1. The summed E-state index contributed by atoms with van der Waals surface area (Å²) in [6, 6.07) is 11.3. The molecule has 31 heavy (non-hydrogen) atoms. The molecule has 0 spiro atoms. The molecule has 3 aromatic heterocycles. The fourth-order valence-corrected chi connectivity index (χ4v) is 4.34. The first-order chi connectivity index (χ1) is 15.0. The first-order valence-electron chi connectivity index (χ1n) is 9.75. The van der Waals surface area contributed by atoms with Gasteiger partial charge in [0.1, 0.15) is 16.4 Å². The molecule has 4 aromatic rings. The van der Waals surface area contributed by atoms with Crippen LogP contribution in [0.15, 0.2) is 51.0 Å². The minimum Gasteiger partial charge on any atom is -0.463 e. The number of rotatable bonds is 7. The fraction of sp³-hybridized carbons (Fsp3) is 0.261. The van der Waals surface area contributed by atoms with Crippen molar-refractivity contribution in [2.75, 3.05) is 20.8 Å². The molecule has 3 heterocycles. The minimum absolute atomic E-state index is 0.0916. The van der Waals surface area contributed by atoms with E-state index in [2.05, 4.69) is 0 Å². The van der Waals surface area contributed by atoms with Crippen LogP contribution in [0.4, 0.5) is 0 Å². The van der Waals surface area contributed by atoms with Gasteiger partial charge >= 0.3 is 5.97 Å². The number of aromatic nitrogens is 2.